The number of rotatable bonds is 18. The lowest BCUT2D eigenvalue weighted by atomic mass is 9.85. The van der Waals surface area contributed by atoms with Gasteiger partial charge in [0, 0.05) is 29.3 Å². The largest absolute Gasteiger partial charge is 0.510 e. The molecule has 6 N–H and O–H groups in total. The predicted octanol–water partition coefficient (Wildman–Crippen LogP) is 1.41. The van der Waals surface area contributed by atoms with E-state index in [2.05, 4.69) is 21.3 Å². The number of carbonyl (C=O) groups excluding carboxylic acids is 7. The van der Waals surface area contributed by atoms with Crippen molar-refractivity contribution >= 4 is 58.3 Å². The highest BCUT2D eigenvalue weighted by Gasteiger charge is 2.51. The van der Waals surface area contributed by atoms with E-state index in [4.69, 9.17) is 34.4 Å². The maximum Gasteiger partial charge on any atom is 0.510 e. The Bertz CT molecular complexity index is 2510. The molecule has 2 aliphatic heterocycles. The van der Waals surface area contributed by atoms with E-state index in [-0.39, 0.29) is 62.8 Å². The maximum atomic E-state index is 13.8. The van der Waals surface area contributed by atoms with Gasteiger partial charge in [0.05, 0.1) is 48.6 Å². The first-order chi connectivity index (χ1) is 30.1. The molecule has 332 valence electrons. The number of nitrogens with two attached hydrogens (primary N) is 1. The van der Waals surface area contributed by atoms with Crippen LogP contribution in [-0.4, -0.2) is 96.3 Å². The summed E-state index contributed by atoms with van der Waals surface area (Å²) in [6.45, 7) is 4.18. The standard InChI is InChI=1S/C43H47N7O13/c1-5-43(30-17-33-36-27(16-26-8-6-7-9-31(26)48-36)19-50(33)40(56)29(30)21-61-41(43)57)63-42(58)62-20-25-10-12-28(13-11-25)47-39(55)32(18-34(44)51)49-38(54)24(3)46-37(53)23(2)45-35(52)22-60-15-14-59-4/h6-13,16-17,23-24,32H,5,14-15,18-22H2,1-4H3,(H2,44,51)(H,45,52)(H,46,53)(H,47,55)(H,49,54)/t23-,24-,32-,43-/m0/s1. The van der Waals surface area contributed by atoms with Crippen molar-refractivity contribution in [1.29, 1.82) is 0 Å². The fourth-order valence-electron chi connectivity index (χ4n) is 7.08. The molecule has 20 nitrogen and oxygen atoms in total. The normalized spacial score (nSPS) is 16.2. The molecular formula is C43H47N7O13. The van der Waals surface area contributed by atoms with Crippen LogP contribution >= 0.6 is 0 Å². The Morgan fingerprint density at radius 1 is 0.921 bits per heavy atom. The molecular weight excluding hydrogens is 823 g/mol. The molecule has 6 rings (SSSR count). The first-order valence-corrected chi connectivity index (χ1v) is 20.0. The number of aromatic nitrogens is 2. The summed E-state index contributed by atoms with van der Waals surface area (Å²) in [5, 5.41) is 10.8. The summed E-state index contributed by atoms with van der Waals surface area (Å²) in [7, 11) is 1.48. The van der Waals surface area contributed by atoms with Crippen LogP contribution in [0.2, 0.25) is 0 Å². The minimum Gasteiger partial charge on any atom is -0.457 e. The quantitative estimate of drug-likeness (QED) is 0.0616. The van der Waals surface area contributed by atoms with Gasteiger partial charge in [-0.05, 0) is 56.2 Å². The molecule has 0 radical (unpaired) electrons. The molecule has 0 fully saturated rings. The van der Waals surface area contributed by atoms with Crippen LogP contribution in [0.3, 0.4) is 0 Å². The number of ether oxygens (including phenoxy) is 5. The fourth-order valence-corrected chi connectivity index (χ4v) is 7.08. The zero-order valence-corrected chi connectivity index (χ0v) is 34.9. The second-order valence-corrected chi connectivity index (χ2v) is 14.9. The highest BCUT2D eigenvalue weighted by Crippen LogP contribution is 2.41. The van der Waals surface area contributed by atoms with Crippen molar-refractivity contribution in [1.82, 2.24) is 25.5 Å². The van der Waals surface area contributed by atoms with Gasteiger partial charge >= 0.3 is 12.1 Å². The number of benzene rings is 2. The number of cyclic esters (lactones) is 1. The predicted molar refractivity (Wildman–Crippen MR) is 222 cm³/mol. The Hall–Kier alpha value is -7.19. The monoisotopic (exact) mass is 869 g/mol. The molecule has 5 amide bonds. The van der Waals surface area contributed by atoms with Crippen LogP contribution in [0.1, 0.15) is 55.9 Å². The van der Waals surface area contributed by atoms with Gasteiger partial charge in [0.15, 0.2) is 0 Å². The topological polar surface area (TPSA) is 275 Å². The lowest BCUT2D eigenvalue weighted by Gasteiger charge is -2.35. The number of para-hydroxylation sites is 1. The minimum absolute atomic E-state index is 0.0701. The summed E-state index contributed by atoms with van der Waals surface area (Å²) in [5.74, 6) is -4.62. The molecule has 0 saturated carbocycles. The number of nitrogens with one attached hydrogen (secondary N) is 4. The number of nitrogens with zero attached hydrogens (tertiary/aromatic N) is 2. The molecule has 4 heterocycles. The number of esters is 1. The van der Waals surface area contributed by atoms with Crippen LogP contribution in [-0.2, 0) is 77.8 Å². The molecule has 0 saturated heterocycles. The number of anilines is 1. The minimum atomic E-state index is -1.98. The van der Waals surface area contributed by atoms with E-state index < -0.39 is 77.4 Å². The molecule has 0 bridgehead atoms. The van der Waals surface area contributed by atoms with Gasteiger partial charge < -0.3 is 55.3 Å². The molecule has 4 atom stereocenters. The average Bonchev–Trinajstić information content (AvgIpc) is 3.62. The van der Waals surface area contributed by atoms with Gasteiger partial charge in [0.1, 0.15) is 37.9 Å². The van der Waals surface area contributed by atoms with Crippen LogP contribution in [0.15, 0.2) is 65.5 Å². The molecule has 0 aliphatic carbocycles. The van der Waals surface area contributed by atoms with Gasteiger partial charge in [-0.25, -0.2) is 14.6 Å². The van der Waals surface area contributed by atoms with E-state index in [1.807, 2.05) is 30.3 Å². The van der Waals surface area contributed by atoms with Crippen LogP contribution in [0.25, 0.3) is 22.3 Å². The molecule has 0 spiro atoms. The van der Waals surface area contributed by atoms with E-state index in [1.165, 1.54) is 45.2 Å². The molecule has 0 unspecified atom stereocenters. The number of hydrogen-bond donors (Lipinski definition) is 5. The van der Waals surface area contributed by atoms with E-state index in [0.29, 0.717) is 17.0 Å². The van der Waals surface area contributed by atoms with Crippen LogP contribution in [0, 0.1) is 0 Å². The van der Waals surface area contributed by atoms with Crippen molar-refractivity contribution in [3.8, 4) is 11.4 Å². The third-order valence-electron chi connectivity index (χ3n) is 10.4. The number of fused-ring (bicyclic) bond motifs is 5. The summed E-state index contributed by atoms with van der Waals surface area (Å²) in [5.41, 5.74) is 6.65. The zero-order chi connectivity index (χ0) is 45.4. The van der Waals surface area contributed by atoms with E-state index >= 15 is 0 Å². The maximum absolute atomic E-state index is 13.8. The molecule has 2 aromatic heterocycles. The van der Waals surface area contributed by atoms with E-state index in [0.717, 1.165) is 16.5 Å². The van der Waals surface area contributed by atoms with Gasteiger partial charge in [-0.15, -0.1) is 0 Å². The zero-order valence-electron chi connectivity index (χ0n) is 34.9. The smallest absolute Gasteiger partial charge is 0.457 e. The Kier molecular flexibility index (Phi) is 14.2. The van der Waals surface area contributed by atoms with Gasteiger partial charge in [-0.3, -0.25) is 28.8 Å². The van der Waals surface area contributed by atoms with Gasteiger partial charge in [0.25, 0.3) is 5.56 Å². The highest BCUT2D eigenvalue weighted by atomic mass is 16.7. The van der Waals surface area contributed by atoms with Gasteiger partial charge in [-0.2, -0.15) is 0 Å². The van der Waals surface area contributed by atoms with Crippen LogP contribution in [0.5, 0.6) is 0 Å². The van der Waals surface area contributed by atoms with E-state index in [1.54, 1.807) is 17.6 Å². The summed E-state index contributed by atoms with van der Waals surface area (Å²) in [6, 6.07) is 13.5. The number of amides is 5. The third-order valence-corrected chi connectivity index (χ3v) is 10.4. The Morgan fingerprint density at radius 3 is 2.35 bits per heavy atom. The number of primary amides is 1. The Morgan fingerprint density at radius 2 is 1.63 bits per heavy atom. The molecule has 63 heavy (non-hydrogen) atoms. The van der Waals surface area contributed by atoms with Crippen molar-refractivity contribution in [2.45, 2.75) is 77.1 Å². The van der Waals surface area contributed by atoms with Crippen molar-refractivity contribution in [2.24, 2.45) is 5.73 Å². The van der Waals surface area contributed by atoms with Gasteiger partial charge in [-0.1, -0.05) is 37.3 Å². The van der Waals surface area contributed by atoms with Crippen molar-refractivity contribution < 1.29 is 57.2 Å². The first kappa shape index (κ1) is 45.3. The summed E-state index contributed by atoms with van der Waals surface area (Å²) in [4.78, 5) is 108. The van der Waals surface area contributed by atoms with E-state index in [9.17, 15) is 38.4 Å². The van der Waals surface area contributed by atoms with Crippen molar-refractivity contribution in [3.63, 3.8) is 0 Å². The first-order valence-electron chi connectivity index (χ1n) is 20.0. The van der Waals surface area contributed by atoms with Crippen molar-refractivity contribution in [3.05, 3.63) is 93.3 Å². The highest BCUT2D eigenvalue weighted by molar-refractivity contribution is 6.01. The Labute approximate surface area is 360 Å². The third kappa shape index (κ3) is 10.3. The Balaban J connectivity index is 1.05. The average molecular weight is 870 g/mol. The second kappa shape index (κ2) is 19.7. The lowest BCUT2D eigenvalue weighted by Crippen LogP contribution is -2.55. The SMILES string of the molecule is CC[C@@]1(OC(=O)OCc2ccc(NC(=O)[C@H](CC(N)=O)NC(=O)[C@H](C)NC(=O)[C@H](C)NC(=O)COCCOC)cc2)C(=O)OCc2c1cc1n(c2=O)Cc2cc3ccccc3nc2-1. The molecule has 4 aromatic rings. The summed E-state index contributed by atoms with van der Waals surface area (Å²) >= 11 is 0. The van der Waals surface area contributed by atoms with Gasteiger partial charge in [0.2, 0.25) is 35.1 Å². The van der Waals surface area contributed by atoms with Crippen LogP contribution in [0.4, 0.5) is 10.5 Å². The molecule has 2 aliphatic rings. The second-order valence-electron chi connectivity index (χ2n) is 14.9. The molecule has 2 aromatic carbocycles. The number of pyridine rings is 2. The lowest BCUT2D eigenvalue weighted by molar-refractivity contribution is -0.175. The number of hydrogen-bond acceptors (Lipinski definition) is 14. The number of carbonyl (C=O) groups is 7. The summed E-state index contributed by atoms with van der Waals surface area (Å²) in [6.07, 6.45) is -1.85. The molecule has 20 heteroatoms. The fraction of sp³-hybridized carbons (Fsp3) is 0.372. The van der Waals surface area contributed by atoms with Crippen molar-refractivity contribution in [2.75, 3.05) is 32.2 Å². The number of methoxy groups -OCH3 is 1. The summed E-state index contributed by atoms with van der Waals surface area (Å²) < 4.78 is 28.0. The van der Waals surface area contributed by atoms with Crippen LogP contribution < -0.4 is 32.6 Å².